The summed E-state index contributed by atoms with van der Waals surface area (Å²) in [4.78, 5) is 0. The van der Waals surface area contributed by atoms with Crippen LogP contribution < -0.4 is 4.57 Å². The molecule has 0 unspecified atom stereocenters. The van der Waals surface area contributed by atoms with Gasteiger partial charge >= 0.3 is 33.0 Å². The molecule has 0 aliphatic heterocycles. The fourth-order valence-electron chi connectivity index (χ4n) is 1.56. The van der Waals surface area contributed by atoms with Gasteiger partial charge < -0.3 is 5.11 Å². The number of halogens is 6. The Bertz CT molecular complexity index is 609. The van der Waals surface area contributed by atoms with E-state index < -0.39 is 7.81 Å². The van der Waals surface area contributed by atoms with E-state index in [-0.39, 0.29) is 6.61 Å². The first-order chi connectivity index (χ1) is 9.72. The molecule has 0 atom stereocenters. The zero-order valence-electron chi connectivity index (χ0n) is 11.5. The van der Waals surface area contributed by atoms with Crippen molar-refractivity contribution in [2.75, 3.05) is 0 Å². The first-order valence-corrected chi connectivity index (χ1v) is 8.02. The maximum atomic E-state index is 9.87. The average molecular weight is 348 g/mol. The molecule has 1 aromatic heterocycles. The van der Waals surface area contributed by atoms with Gasteiger partial charge in [0.05, 0.1) is 13.7 Å². The van der Waals surface area contributed by atoms with E-state index in [1.165, 1.54) is 5.56 Å². The first-order valence-electron chi connectivity index (χ1n) is 5.99. The Morgan fingerprint density at radius 3 is 1.82 bits per heavy atom. The Labute approximate surface area is 122 Å². The van der Waals surface area contributed by atoms with Gasteiger partial charge in [0.25, 0.3) is 0 Å². The number of imidazole rings is 1. The third-order valence-corrected chi connectivity index (χ3v) is 2.39. The van der Waals surface area contributed by atoms with Gasteiger partial charge in [-0.3, -0.25) is 0 Å². The number of aryl methyl sites for hydroxylation is 1. The van der Waals surface area contributed by atoms with E-state index in [2.05, 4.69) is 4.57 Å². The van der Waals surface area contributed by atoms with E-state index in [1.807, 2.05) is 54.6 Å². The van der Waals surface area contributed by atoms with Crippen molar-refractivity contribution in [3.05, 3.63) is 54.1 Å². The summed E-state index contributed by atoms with van der Waals surface area (Å²) in [5.41, 5.74) is 2.19. The van der Waals surface area contributed by atoms with Gasteiger partial charge in [0, 0.05) is 0 Å². The van der Waals surface area contributed by atoms with Gasteiger partial charge in [-0.1, -0.05) is 24.3 Å². The second-order valence-corrected chi connectivity index (χ2v) is 6.60. The van der Waals surface area contributed by atoms with Crippen LogP contribution in [0, 0.1) is 0 Å². The number of aromatic nitrogens is 2. The van der Waals surface area contributed by atoms with E-state index in [9.17, 15) is 25.2 Å². The van der Waals surface area contributed by atoms with E-state index in [0.29, 0.717) is 0 Å². The molecule has 2 rings (SSSR count). The van der Waals surface area contributed by atoms with Gasteiger partial charge in [0.15, 0.2) is 0 Å². The van der Waals surface area contributed by atoms with Crippen LogP contribution in [0.15, 0.2) is 43.0 Å². The van der Waals surface area contributed by atoms with Gasteiger partial charge in [0.2, 0.25) is 6.33 Å². The van der Waals surface area contributed by atoms with Crippen LogP contribution in [0.2, 0.25) is 0 Å². The number of hydrogen-bond donors (Lipinski definition) is 1. The Kier molecular flexibility index (Phi) is 4.65. The number of hydrogen-bond acceptors (Lipinski definition) is 1. The summed E-state index contributed by atoms with van der Waals surface area (Å²) in [5.74, 6) is 0. The molecule has 3 nitrogen and oxygen atoms in total. The molecule has 0 bridgehead atoms. The number of rotatable bonds is 3. The molecule has 0 saturated carbocycles. The van der Waals surface area contributed by atoms with Crippen LogP contribution >= 0.6 is 7.81 Å². The topological polar surface area (TPSA) is 29.0 Å². The standard InChI is InChI=1S/C12H15N2O.F6P/c1-13-6-7-14(10-13)8-11-2-4-12(9-15)5-3-11;1-7(2,3,4,5)6/h2-7,10,15H,8-9H2,1H3;/q+1;-1. The predicted molar refractivity (Wildman–Crippen MR) is 70.6 cm³/mol. The monoisotopic (exact) mass is 348 g/mol. The van der Waals surface area contributed by atoms with Crippen molar-refractivity contribution in [3.63, 3.8) is 0 Å². The van der Waals surface area contributed by atoms with E-state index in [1.54, 1.807) is 0 Å². The SMILES string of the molecule is C[n+]1ccn(Cc2ccc(CO)cc2)c1.F[P-](F)(F)(F)(F)F. The summed E-state index contributed by atoms with van der Waals surface area (Å²) in [6.45, 7) is 0.977. The normalized spacial score (nSPS) is 14.5. The number of aliphatic hydroxyl groups is 1. The molecule has 1 heterocycles. The van der Waals surface area contributed by atoms with Gasteiger partial charge in [-0.2, -0.15) is 0 Å². The predicted octanol–water partition coefficient (Wildman–Crippen LogP) is 4.24. The molecule has 2 aromatic rings. The van der Waals surface area contributed by atoms with E-state index >= 15 is 0 Å². The number of benzene rings is 1. The third-order valence-electron chi connectivity index (χ3n) is 2.39. The molecule has 0 saturated heterocycles. The van der Waals surface area contributed by atoms with Gasteiger partial charge in [0.1, 0.15) is 18.9 Å². The zero-order valence-corrected chi connectivity index (χ0v) is 12.4. The van der Waals surface area contributed by atoms with E-state index in [4.69, 9.17) is 5.11 Å². The van der Waals surface area contributed by atoms with Crippen molar-refractivity contribution in [2.45, 2.75) is 13.2 Å². The van der Waals surface area contributed by atoms with Gasteiger partial charge in [-0.15, -0.1) is 0 Å². The molecule has 22 heavy (non-hydrogen) atoms. The molecule has 1 aromatic carbocycles. The minimum absolute atomic E-state index is 0.110. The van der Waals surface area contributed by atoms with Crippen molar-refractivity contribution >= 4 is 7.81 Å². The van der Waals surface area contributed by atoms with Crippen LogP contribution in [0.4, 0.5) is 25.2 Å². The molecule has 1 N–H and O–H groups in total. The molecule has 0 aliphatic carbocycles. The zero-order chi connectivity index (χ0) is 17.1. The van der Waals surface area contributed by atoms with Crippen molar-refractivity contribution in [2.24, 2.45) is 7.05 Å². The molecule has 0 aliphatic rings. The number of nitrogens with zero attached hydrogens (tertiary/aromatic N) is 2. The quantitative estimate of drug-likeness (QED) is 0.502. The molecule has 0 amide bonds. The summed E-state index contributed by atoms with van der Waals surface area (Å²) in [6.07, 6.45) is 6.10. The molecule has 0 radical (unpaired) electrons. The van der Waals surface area contributed by atoms with Gasteiger partial charge in [-0.25, -0.2) is 9.13 Å². The van der Waals surface area contributed by atoms with E-state index in [0.717, 1.165) is 12.1 Å². The second kappa shape index (κ2) is 5.55. The van der Waals surface area contributed by atoms with Crippen LogP contribution in [0.1, 0.15) is 11.1 Å². The minimum atomic E-state index is -10.7. The average Bonchev–Trinajstić information content (AvgIpc) is 2.72. The summed E-state index contributed by atoms with van der Waals surface area (Å²) in [7, 11) is -8.65. The number of aliphatic hydroxyl groups excluding tert-OH is 1. The molecule has 126 valence electrons. The first kappa shape index (κ1) is 18.4. The van der Waals surface area contributed by atoms with Crippen molar-refractivity contribution in [1.29, 1.82) is 0 Å². The molecule has 0 spiro atoms. The fraction of sp³-hybridized carbons (Fsp3) is 0.250. The van der Waals surface area contributed by atoms with Crippen LogP contribution in [-0.2, 0) is 20.2 Å². The van der Waals surface area contributed by atoms with Crippen LogP contribution in [0.3, 0.4) is 0 Å². The summed E-state index contributed by atoms with van der Waals surface area (Å²) < 4.78 is 63.3. The van der Waals surface area contributed by atoms with Crippen LogP contribution in [0.25, 0.3) is 0 Å². The summed E-state index contributed by atoms with van der Waals surface area (Å²) in [5, 5.41) is 8.91. The van der Waals surface area contributed by atoms with Crippen LogP contribution in [0.5, 0.6) is 0 Å². The van der Waals surface area contributed by atoms with Crippen molar-refractivity contribution in [3.8, 4) is 0 Å². The third kappa shape index (κ3) is 10.2. The molecule has 0 fully saturated rings. The van der Waals surface area contributed by atoms with Crippen LogP contribution in [-0.4, -0.2) is 9.67 Å². The fourth-order valence-corrected chi connectivity index (χ4v) is 1.56. The Morgan fingerprint density at radius 2 is 1.45 bits per heavy atom. The maximum absolute atomic E-state index is 10.7. The van der Waals surface area contributed by atoms with Gasteiger partial charge in [-0.05, 0) is 11.1 Å². The Morgan fingerprint density at radius 1 is 1.00 bits per heavy atom. The van der Waals surface area contributed by atoms with Crippen molar-refractivity contribution < 1.29 is 34.9 Å². The molecular weight excluding hydrogens is 333 g/mol. The Hall–Kier alpha value is -1.60. The Balaban J connectivity index is 0.000000295. The summed E-state index contributed by atoms with van der Waals surface area (Å²) >= 11 is 0. The van der Waals surface area contributed by atoms with Crippen molar-refractivity contribution in [1.82, 2.24) is 4.57 Å². The molecule has 10 heteroatoms. The molecular formula is C12H15F6N2OP. The summed E-state index contributed by atoms with van der Waals surface area (Å²) in [6, 6.07) is 8.01. The second-order valence-electron chi connectivity index (χ2n) is 4.68.